The van der Waals surface area contributed by atoms with Crippen LogP contribution >= 0.6 is 0 Å². The molecule has 1 saturated heterocycles. The van der Waals surface area contributed by atoms with Crippen LogP contribution in [-0.2, 0) is 9.53 Å². The van der Waals surface area contributed by atoms with E-state index in [2.05, 4.69) is 6.92 Å². The van der Waals surface area contributed by atoms with Gasteiger partial charge in [-0.15, -0.1) is 0 Å². The van der Waals surface area contributed by atoms with Crippen molar-refractivity contribution in [1.82, 2.24) is 4.90 Å². The molecule has 0 spiro atoms. The predicted octanol–water partition coefficient (Wildman–Crippen LogP) is 1.98. The first-order chi connectivity index (χ1) is 7.19. The Morgan fingerprint density at radius 3 is 2.87 bits per heavy atom. The van der Waals surface area contributed by atoms with Crippen LogP contribution in [0.5, 0.6) is 0 Å². The normalized spacial score (nSPS) is 23.0. The Bertz CT molecular complexity index is 248. The lowest BCUT2D eigenvalue weighted by molar-refractivity contribution is -0.134. The molecule has 3 nitrogen and oxygen atoms in total. The Balaban J connectivity index is 2.56. The average molecular weight is 211 g/mol. The second-order valence-electron chi connectivity index (χ2n) is 3.95. The van der Waals surface area contributed by atoms with Crippen molar-refractivity contribution in [2.24, 2.45) is 0 Å². The highest BCUT2D eigenvalue weighted by atomic mass is 16.5. The molecule has 0 aliphatic carbocycles. The molecule has 15 heavy (non-hydrogen) atoms. The molecule has 1 rings (SSSR count). The van der Waals surface area contributed by atoms with Gasteiger partial charge in [0.25, 0.3) is 0 Å². The van der Waals surface area contributed by atoms with Crippen molar-refractivity contribution in [1.29, 1.82) is 0 Å². The summed E-state index contributed by atoms with van der Waals surface area (Å²) in [6.07, 6.45) is 4.09. The van der Waals surface area contributed by atoms with Gasteiger partial charge in [-0.3, -0.25) is 4.79 Å². The predicted molar refractivity (Wildman–Crippen MR) is 60.7 cm³/mol. The van der Waals surface area contributed by atoms with Crippen LogP contribution in [0.25, 0.3) is 0 Å². The molecule has 0 N–H and O–H groups in total. The van der Waals surface area contributed by atoms with Crippen LogP contribution < -0.4 is 0 Å². The molecule has 0 aromatic heterocycles. The van der Waals surface area contributed by atoms with Crippen molar-refractivity contribution in [3.8, 4) is 0 Å². The maximum Gasteiger partial charge on any atom is 0.249 e. The molecule has 1 aliphatic heterocycles. The summed E-state index contributed by atoms with van der Waals surface area (Å²) in [5.41, 5.74) is 0.856. The second-order valence-corrected chi connectivity index (χ2v) is 3.95. The number of carbonyl (C=O) groups excluding carboxylic acids is 1. The fourth-order valence-electron chi connectivity index (χ4n) is 1.79. The number of morpholine rings is 1. The Morgan fingerprint density at radius 1 is 1.53 bits per heavy atom. The smallest absolute Gasteiger partial charge is 0.249 e. The van der Waals surface area contributed by atoms with Gasteiger partial charge < -0.3 is 9.64 Å². The van der Waals surface area contributed by atoms with Gasteiger partial charge in [-0.2, -0.15) is 0 Å². The lowest BCUT2D eigenvalue weighted by Crippen LogP contribution is -2.45. The number of rotatable bonds is 3. The highest BCUT2D eigenvalue weighted by molar-refractivity contribution is 5.92. The van der Waals surface area contributed by atoms with Crippen molar-refractivity contribution in [2.75, 3.05) is 19.7 Å². The summed E-state index contributed by atoms with van der Waals surface area (Å²) in [6, 6.07) is 0. The molecular weight excluding hydrogens is 190 g/mol. The molecule has 0 saturated carbocycles. The van der Waals surface area contributed by atoms with E-state index in [9.17, 15) is 4.79 Å². The Kier molecular flexibility index (Phi) is 4.82. The van der Waals surface area contributed by atoms with Crippen LogP contribution in [0.1, 0.15) is 33.6 Å². The summed E-state index contributed by atoms with van der Waals surface area (Å²) in [7, 11) is 0. The summed E-state index contributed by atoms with van der Waals surface area (Å²) < 4.78 is 5.53. The molecule has 1 heterocycles. The molecule has 86 valence electrons. The van der Waals surface area contributed by atoms with E-state index >= 15 is 0 Å². The summed E-state index contributed by atoms with van der Waals surface area (Å²) in [5, 5.41) is 0. The minimum Gasteiger partial charge on any atom is -0.375 e. The van der Waals surface area contributed by atoms with Gasteiger partial charge in [-0.05, 0) is 19.8 Å². The van der Waals surface area contributed by atoms with Crippen LogP contribution in [0.15, 0.2) is 11.6 Å². The first kappa shape index (κ1) is 12.2. The standard InChI is InChI=1S/C12H21NO2/c1-4-6-10(3)12(14)13-7-8-15-11(5-2)9-13/h6,11H,4-5,7-9H2,1-3H3/b10-6+/t11-/m1/s1. The minimum atomic E-state index is 0.165. The Hall–Kier alpha value is -0.830. The average Bonchev–Trinajstić information content (AvgIpc) is 2.28. The minimum absolute atomic E-state index is 0.165. The number of ether oxygens (including phenoxy) is 1. The van der Waals surface area contributed by atoms with Crippen molar-refractivity contribution in [3.05, 3.63) is 11.6 Å². The van der Waals surface area contributed by atoms with E-state index in [1.54, 1.807) is 0 Å². The zero-order valence-electron chi connectivity index (χ0n) is 9.95. The van der Waals surface area contributed by atoms with Gasteiger partial charge >= 0.3 is 0 Å². The van der Waals surface area contributed by atoms with Crippen molar-refractivity contribution in [3.63, 3.8) is 0 Å². The number of allylic oxidation sites excluding steroid dienone is 1. The van der Waals surface area contributed by atoms with Crippen LogP contribution in [0.4, 0.5) is 0 Å². The number of hydrogen-bond donors (Lipinski definition) is 0. The summed E-state index contributed by atoms with van der Waals surface area (Å²) in [6.45, 7) is 8.17. The molecule has 1 aliphatic rings. The van der Waals surface area contributed by atoms with Gasteiger partial charge in [0, 0.05) is 18.7 Å². The van der Waals surface area contributed by atoms with Crippen molar-refractivity contribution in [2.45, 2.75) is 39.7 Å². The van der Waals surface area contributed by atoms with E-state index in [4.69, 9.17) is 4.74 Å². The van der Waals surface area contributed by atoms with Crippen molar-refractivity contribution >= 4 is 5.91 Å². The lowest BCUT2D eigenvalue weighted by Gasteiger charge is -2.32. The van der Waals surface area contributed by atoms with Crippen LogP contribution in [0.2, 0.25) is 0 Å². The van der Waals surface area contributed by atoms with Gasteiger partial charge in [0.15, 0.2) is 0 Å². The van der Waals surface area contributed by atoms with E-state index in [0.717, 1.165) is 31.5 Å². The molecule has 1 fully saturated rings. The second kappa shape index (κ2) is 5.91. The first-order valence-electron chi connectivity index (χ1n) is 5.76. The van der Waals surface area contributed by atoms with Gasteiger partial charge in [0.2, 0.25) is 5.91 Å². The first-order valence-corrected chi connectivity index (χ1v) is 5.76. The zero-order chi connectivity index (χ0) is 11.3. The topological polar surface area (TPSA) is 29.5 Å². The lowest BCUT2D eigenvalue weighted by atomic mass is 10.1. The van der Waals surface area contributed by atoms with Gasteiger partial charge in [-0.1, -0.05) is 19.9 Å². The highest BCUT2D eigenvalue weighted by Crippen LogP contribution is 2.11. The van der Waals surface area contributed by atoms with Crippen LogP contribution in [-0.4, -0.2) is 36.6 Å². The van der Waals surface area contributed by atoms with Gasteiger partial charge in [0.1, 0.15) is 0 Å². The third kappa shape index (κ3) is 3.34. The van der Waals surface area contributed by atoms with Crippen LogP contribution in [0.3, 0.4) is 0 Å². The maximum atomic E-state index is 12.0. The van der Waals surface area contributed by atoms with Gasteiger partial charge in [-0.25, -0.2) is 0 Å². The Morgan fingerprint density at radius 2 is 2.27 bits per heavy atom. The molecule has 0 unspecified atom stereocenters. The molecule has 1 atom stereocenters. The van der Waals surface area contributed by atoms with E-state index < -0.39 is 0 Å². The quantitative estimate of drug-likeness (QED) is 0.668. The third-order valence-corrected chi connectivity index (χ3v) is 2.73. The number of nitrogens with zero attached hydrogens (tertiary/aromatic N) is 1. The fraction of sp³-hybridized carbons (Fsp3) is 0.750. The third-order valence-electron chi connectivity index (χ3n) is 2.73. The van der Waals surface area contributed by atoms with Crippen molar-refractivity contribution < 1.29 is 9.53 Å². The van der Waals surface area contributed by atoms with E-state index in [-0.39, 0.29) is 12.0 Å². The SMILES string of the molecule is CC/C=C(\C)C(=O)N1CCO[C@H](CC)C1. The van der Waals surface area contributed by atoms with E-state index in [1.165, 1.54) is 0 Å². The molecule has 0 aromatic rings. The number of hydrogen-bond acceptors (Lipinski definition) is 2. The zero-order valence-corrected chi connectivity index (χ0v) is 9.95. The molecule has 1 amide bonds. The van der Waals surface area contributed by atoms with E-state index in [1.807, 2.05) is 24.8 Å². The summed E-state index contributed by atoms with van der Waals surface area (Å²) in [5.74, 6) is 0.165. The summed E-state index contributed by atoms with van der Waals surface area (Å²) in [4.78, 5) is 13.9. The number of carbonyl (C=O) groups is 1. The highest BCUT2D eigenvalue weighted by Gasteiger charge is 2.23. The molecule has 3 heteroatoms. The largest absolute Gasteiger partial charge is 0.375 e. The van der Waals surface area contributed by atoms with Gasteiger partial charge in [0.05, 0.1) is 12.7 Å². The fourth-order valence-corrected chi connectivity index (χ4v) is 1.79. The van der Waals surface area contributed by atoms with Crippen LogP contribution in [0, 0.1) is 0 Å². The molecule has 0 bridgehead atoms. The summed E-state index contributed by atoms with van der Waals surface area (Å²) >= 11 is 0. The molecule has 0 radical (unpaired) electrons. The maximum absolute atomic E-state index is 12.0. The number of amides is 1. The molecular formula is C12H21NO2. The van der Waals surface area contributed by atoms with E-state index in [0.29, 0.717) is 6.61 Å². The molecule has 0 aromatic carbocycles. The monoisotopic (exact) mass is 211 g/mol. The Labute approximate surface area is 92.1 Å².